The van der Waals surface area contributed by atoms with Crippen LogP contribution in [0.2, 0.25) is 0 Å². The van der Waals surface area contributed by atoms with Crippen molar-refractivity contribution in [1.29, 1.82) is 0 Å². The minimum atomic E-state index is 0.206. The number of rotatable bonds is 5. The SMILES string of the molecule is O=C1CC2CCC(C1)N2CCCC(=O)NC1CC1. The van der Waals surface area contributed by atoms with Crippen molar-refractivity contribution >= 4 is 11.7 Å². The molecule has 3 rings (SSSR count). The van der Waals surface area contributed by atoms with E-state index in [0.29, 0.717) is 30.3 Å². The molecule has 2 heterocycles. The van der Waals surface area contributed by atoms with Gasteiger partial charge in [0.1, 0.15) is 5.78 Å². The molecule has 2 saturated heterocycles. The molecule has 3 fully saturated rings. The zero-order valence-corrected chi connectivity index (χ0v) is 10.9. The Bertz CT molecular complexity index is 336. The second kappa shape index (κ2) is 5.00. The minimum Gasteiger partial charge on any atom is -0.353 e. The molecule has 1 amide bonds. The van der Waals surface area contributed by atoms with E-state index in [0.717, 1.165) is 38.6 Å². The number of carbonyl (C=O) groups is 2. The van der Waals surface area contributed by atoms with E-state index in [9.17, 15) is 9.59 Å². The van der Waals surface area contributed by atoms with Crippen molar-refractivity contribution in [2.24, 2.45) is 0 Å². The van der Waals surface area contributed by atoms with Crippen molar-refractivity contribution in [2.75, 3.05) is 6.54 Å². The summed E-state index contributed by atoms with van der Waals surface area (Å²) >= 11 is 0. The van der Waals surface area contributed by atoms with Crippen molar-refractivity contribution in [3.63, 3.8) is 0 Å². The van der Waals surface area contributed by atoms with Crippen LogP contribution in [0.25, 0.3) is 0 Å². The summed E-state index contributed by atoms with van der Waals surface area (Å²) in [6, 6.07) is 1.42. The van der Waals surface area contributed by atoms with Crippen LogP contribution in [0.5, 0.6) is 0 Å². The molecule has 2 bridgehead atoms. The first-order valence-corrected chi connectivity index (χ1v) is 7.29. The molecule has 1 N–H and O–H groups in total. The number of nitrogens with zero attached hydrogens (tertiary/aromatic N) is 1. The second-order valence-corrected chi connectivity index (χ2v) is 6.02. The van der Waals surface area contributed by atoms with E-state index in [1.54, 1.807) is 0 Å². The summed E-state index contributed by atoms with van der Waals surface area (Å²) in [6.07, 6.45) is 7.71. The van der Waals surface area contributed by atoms with Crippen molar-refractivity contribution in [3.05, 3.63) is 0 Å². The van der Waals surface area contributed by atoms with E-state index in [2.05, 4.69) is 10.2 Å². The average Bonchev–Trinajstić information content (AvgIpc) is 3.08. The van der Waals surface area contributed by atoms with Gasteiger partial charge in [-0.1, -0.05) is 0 Å². The number of fused-ring (bicyclic) bond motifs is 2. The molecule has 1 aliphatic carbocycles. The standard InChI is InChI=1S/C14H22N2O2/c17-13-8-11-5-6-12(9-13)16(11)7-1-2-14(18)15-10-3-4-10/h10-12H,1-9H2,(H,15,18). The lowest BCUT2D eigenvalue weighted by atomic mass is 10.0. The van der Waals surface area contributed by atoms with Crippen LogP contribution in [0.15, 0.2) is 0 Å². The van der Waals surface area contributed by atoms with Gasteiger partial charge in [0.25, 0.3) is 0 Å². The highest BCUT2D eigenvalue weighted by Gasteiger charge is 2.39. The molecule has 4 nitrogen and oxygen atoms in total. The van der Waals surface area contributed by atoms with Crippen LogP contribution in [-0.2, 0) is 9.59 Å². The lowest BCUT2D eigenvalue weighted by molar-refractivity contribution is -0.124. The van der Waals surface area contributed by atoms with Gasteiger partial charge in [-0.3, -0.25) is 14.5 Å². The first-order chi connectivity index (χ1) is 8.72. The van der Waals surface area contributed by atoms with Crippen LogP contribution >= 0.6 is 0 Å². The summed E-state index contributed by atoms with van der Waals surface area (Å²) in [6.45, 7) is 0.987. The zero-order valence-electron chi connectivity index (χ0n) is 10.9. The fourth-order valence-corrected chi connectivity index (χ4v) is 3.38. The molecule has 2 aliphatic heterocycles. The maximum atomic E-state index is 11.6. The van der Waals surface area contributed by atoms with Crippen LogP contribution in [0.3, 0.4) is 0 Å². The van der Waals surface area contributed by atoms with Crippen LogP contribution in [-0.4, -0.2) is 41.3 Å². The fraction of sp³-hybridized carbons (Fsp3) is 0.857. The molecule has 18 heavy (non-hydrogen) atoms. The van der Waals surface area contributed by atoms with E-state index >= 15 is 0 Å². The molecule has 0 aromatic carbocycles. The lowest BCUT2D eigenvalue weighted by Crippen LogP contribution is -2.43. The third-order valence-corrected chi connectivity index (χ3v) is 4.46. The predicted molar refractivity (Wildman–Crippen MR) is 68.2 cm³/mol. The van der Waals surface area contributed by atoms with E-state index in [1.807, 2.05) is 0 Å². The monoisotopic (exact) mass is 250 g/mol. The smallest absolute Gasteiger partial charge is 0.220 e. The topological polar surface area (TPSA) is 49.4 Å². The number of carbonyl (C=O) groups excluding carboxylic acids is 2. The molecule has 0 aromatic rings. The molecule has 1 saturated carbocycles. The molecule has 2 atom stereocenters. The molecule has 4 heteroatoms. The Morgan fingerprint density at radius 2 is 1.83 bits per heavy atom. The summed E-state index contributed by atoms with van der Waals surface area (Å²) < 4.78 is 0. The van der Waals surface area contributed by atoms with Gasteiger partial charge in [0.05, 0.1) is 0 Å². The molecular formula is C14H22N2O2. The van der Waals surface area contributed by atoms with Crippen molar-refractivity contribution in [1.82, 2.24) is 10.2 Å². The first-order valence-electron chi connectivity index (χ1n) is 7.29. The van der Waals surface area contributed by atoms with E-state index in [1.165, 1.54) is 12.8 Å². The average molecular weight is 250 g/mol. The summed E-state index contributed by atoms with van der Waals surface area (Å²) in [5.74, 6) is 0.642. The Labute approximate surface area is 108 Å². The van der Waals surface area contributed by atoms with Gasteiger partial charge >= 0.3 is 0 Å². The second-order valence-electron chi connectivity index (χ2n) is 6.02. The third-order valence-electron chi connectivity index (χ3n) is 4.46. The molecule has 3 aliphatic rings. The van der Waals surface area contributed by atoms with Gasteiger partial charge in [0.15, 0.2) is 0 Å². The fourth-order valence-electron chi connectivity index (χ4n) is 3.38. The van der Waals surface area contributed by atoms with Crippen molar-refractivity contribution < 1.29 is 9.59 Å². The van der Waals surface area contributed by atoms with Crippen LogP contribution in [0.1, 0.15) is 51.4 Å². The number of amides is 1. The Balaban J connectivity index is 1.40. The molecule has 0 aromatic heterocycles. The predicted octanol–water partition coefficient (Wildman–Crippen LogP) is 1.24. The number of nitrogens with one attached hydrogen (secondary N) is 1. The van der Waals surface area contributed by atoms with Gasteiger partial charge in [0, 0.05) is 37.4 Å². The summed E-state index contributed by atoms with van der Waals surface area (Å²) in [7, 11) is 0. The number of piperidine rings is 1. The van der Waals surface area contributed by atoms with Gasteiger partial charge in [-0.25, -0.2) is 0 Å². The quantitative estimate of drug-likeness (QED) is 0.798. The van der Waals surface area contributed by atoms with Gasteiger partial charge in [-0.2, -0.15) is 0 Å². The van der Waals surface area contributed by atoms with Crippen molar-refractivity contribution in [2.45, 2.75) is 69.5 Å². The van der Waals surface area contributed by atoms with E-state index in [4.69, 9.17) is 0 Å². The molecular weight excluding hydrogens is 228 g/mol. The van der Waals surface area contributed by atoms with Crippen LogP contribution in [0.4, 0.5) is 0 Å². The Kier molecular flexibility index (Phi) is 3.37. The van der Waals surface area contributed by atoms with Crippen LogP contribution in [0, 0.1) is 0 Å². The molecule has 2 unspecified atom stereocenters. The number of hydrogen-bond donors (Lipinski definition) is 1. The lowest BCUT2D eigenvalue weighted by Gasteiger charge is -2.33. The van der Waals surface area contributed by atoms with Gasteiger partial charge in [-0.05, 0) is 38.6 Å². The van der Waals surface area contributed by atoms with E-state index < -0.39 is 0 Å². The van der Waals surface area contributed by atoms with Gasteiger partial charge in [0.2, 0.25) is 5.91 Å². The summed E-state index contributed by atoms with van der Waals surface area (Å²) in [5, 5.41) is 3.03. The Morgan fingerprint density at radius 1 is 1.17 bits per heavy atom. The Morgan fingerprint density at radius 3 is 2.44 bits per heavy atom. The molecule has 0 radical (unpaired) electrons. The third kappa shape index (κ3) is 2.74. The number of Topliss-reactive ketones (excluding diaryl/α,β-unsaturated/α-hetero) is 1. The summed E-state index contributed by atoms with van der Waals surface area (Å²) in [5.41, 5.74) is 0. The maximum Gasteiger partial charge on any atom is 0.220 e. The Hall–Kier alpha value is -0.900. The highest BCUT2D eigenvalue weighted by Crippen LogP contribution is 2.33. The van der Waals surface area contributed by atoms with E-state index in [-0.39, 0.29) is 5.91 Å². The highest BCUT2D eigenvalue weighted by molar-refractivity contribution is 5.81. The van der Waals surface area contributed by atoms with Gasteiger partial charge in [-0.15, -0.1) is 0 Å². The summed E-state index contributed by atoms with van der Waals surface area (Å²) in [4.78, 5) is 25.5. The largest absolute Gasteiger partial charge is 0.353 e. The number of ketones is 1. The van der Waals surface area contributed by atoms with Crippen LogP contribution < -0.4 is 5.32 Å². The molecule has 0 spiro atoms. The highest BCUT2D eigenvalue weighted by atomic mass is 16.1. The van der Waals surface area contributed by atoms with Crippen molar-refractivity contribution in [3.8, 4) is 0 Å². The normalized spacial score (nSPS) is 31.7. The van der Waals surface area contributed by atoms with Gasteiger partial charge < -0.3 is 5.32 Å². The minimum absolute atomic E-state index is 0.206. The molecule has 100 valence electrons. The number of hydrogen-bond acceptors (Lipinski definition) is 3. The zero-order chi connectivity index (χ0) is 12.5. The first kappa shape index (κ1) is 12.2. The maximum absolute atomic E-state index is 11.6.